The molecule has 2 unspecified atom stereocenters. The molecule has 2 fully saturated rings. The van der Waals surface area contributed by atoms with Crippen LogP contribution >= 0.6 is 0 Å². The SMILES string of the molecule is CCNC(C1CCOCC1)C(OC)C1CC1. The summed E-state index contributed by atoms with van der Waals surface area (Å²) < 4.78 is 11.2. The van der Waals surface area contributed by atoms with Gasteiger partial charge in [0.05, 0.1) is 6.10 Å². The molecule has 1 saturated heterocycles. The van der Waals surface area contributed by atoms with Crippen molar-refractivity contribution in [3.63, 3.8) is 0 Å². The lowest BCUT2D eigenvalue weighted by atomic mass is 9.86. The summed E-state index contributed by atoms with van der Waals surface area (Å²) in [5, 5.41) is 3.64. The van der Waals surface area contributed by atoms with Gasteiger partial charge < -0.3 is 14.8 Å². The first kappa shape index (κ1) is 12.3. The molecule has 1 N–H and O–H groups in total. The van der Waals surface area contributed by atoms with Crippen LogP contribution < -0.4 is 5.32 Å². The first-order chi connectivity index (χ1) is 7.86. The van der Waals surface area contributed by atoms with Crippen LogP contribution in [0.5, 0.6) is 0 Å². The quantitative estimate of drug-likeness (QED) is 0.751. The van der Waals surface area contributed by atoms with Gasteiger partial charge in [-0.2, -0.15) is 0 Å². The Balaban J connectivity index is 1.95. The maximum Gasteiger partial charge on any atom is 0.0755 e. The molecule has 2 rings (SSSR count). The number of ether oxygens (including phenoxy) is 2. The molecule has 0 aromatic carbocycles. The van der Waals surface area contributed by atoms with Crippen molar-refractivity contribution in [3.8, 4) is 0 Å². The average molecular weight is 227 g/mol. The first-order valence-electron chi connectivity index (χ1n) is 6.70. The lowest BCUT2D eigenvalue weighted by Crippen LogP contribution is -2.48. The predicted octanol–water partition coefficient (Wildman–Crippen LogP) is 1.82. The largest absolute Gasteiger partial charge is 0.381 e. The summed E-state index contributed by atoms with van der Waals surface area (Å²) in [7, 11) is 1.87. The van der Waals surface area contributed by atoms with Crippen LogP contribution in [0.3, 0.4) is 0 Å². The minimum atomic E-state index is 0.419. The number of hydrogen-bond donors (Lipinski definition) is 1. The molecule has 0 amide bonds. The van der Waals surface area contributed by atoms with Crippen LogP contribution in [0, 0.1) is 11.8 Å². The maximum atomic E-state index is 5.74. The van der Waals surface area contributed by atoms with E-state index in [0.29, 0.717) is 12.1 Å². The second kappa shape index (κ2) is 5.99. The van der Waals surface area contributed by atoms with Gasteiger partial charge in [0.25, 0.3) is 0 Å². The van der Waals surface area contributed by atoms with Gasteiger partial charge in [-0.3, -0.25) is 0 Å². The summed E-state index contributed by atoms with van der Waals surface area (Å²) in [6, 6.07) is 0.534. The van der Waals surface area contributed by atoms with Gasteiger partial charge in [0.1, 0.15) is 0 Å². The molecule has 0 aromatic rings. The van der Waals surface area contributed by atoms with E-state index in [1.807, 2.05) is 7.11 Å². The van der Waals surface area contributed by atoms with Crippen molar-refractivity contribution in [2.45, 2.75) is 44.8 Å². The van der Waals surface area contributed by atoms with E-state index in [0.717, 1.165) is 31.6 Å². The van der Waals surface area contributed by atoms with Crippen molar-refractivity contribution in [3.05, 3.63) is 0 Å². The number of hydrogen-bond acceptors (Lipinski definition) is 3. The Morgan fingerprint density at radius 1 is 1.19 bits per heavy atom. The van der Waals surface area contributed by atoms with Gasteiger partial charge in [0.2, 0.25) is 0 Å². The van der Waals surface area contributed by atoms with E-state index in [4.69, 9.17) is 9.47 Å². The highest BCUT2D eigenvalue weighted by Gasteiger charge is 2.40. The Morgan fingerprint density at radius 2 is 1.88 bits per heavy atom. The molecule has 3 nitrogen and oxygen atoms in total. The van der Waals surface area contributed by atoms with Gasteiger partial charge in [0, 0.05) is 26.4 Å². The summed E-state index contributed by atoms with van der Waals surface area (Å²) in [5.41, 5.74) is 0. The van der Waals surface area contributed by atoms with Crippen molar-refractivity contribution in [2.75, 3.05) is 26.9 Å². The molecule has 0 bridgehead atoms. The Kier molecular flexibility index (Phi) is 4.62. The van der Waals surface area contributed by atoms with E-state index >= 15 is 0 Å². The van der Waals surface area contributed by atoms with Crippen LogP contribution in [-0.2, 0) is 9.47 Å². The predicted molar refractivity (Wildman–Crippen MR) is 64.5 cm³/mol. The van der Waals surface area contributed by atoms with Crippen LogP contribution in [0.1, 0.15) is 32.6 Å². The fourth-order valence-electron chi connectivity index (χ4n) is 2.92. The molecular weight excluding hydrogens is 202 g/mol. The van der Waals surface area contributed by atoms with Crippen molar-refractivity contribution >= 4 is 0 Å². The fourth-order valence-corrected chi connectivity index (χ4v) is 2.92. The molecule has 2 aliphatic rings. The number of methoxy groups -OCH3 is 1. The third kappa shape index (κ3) is 2.96. The lowest BCUT2D eigenvalue weighted by Gasteiger charge is -2.35. The van der Waals surface area contributed by atoms with E-state index in [9.17, 15) is 0 Å². The van der Waals surface area contributed by atoms with Crippen molar-refractivity contribution < 1.29 is 9.47 Å². The molecule has 1 heterocycles. The molecule has 2 atom stereocenters. The highest BCUT2D eigenvalue weighted by Crippen LogP contribution is 2.38. The fraction of sp³-hybridized carbons (Fsp3) is 1.00. The van der Waals surface area contributed by atoms with Gasteiger partial charge in [0.15, 0.2) is 0 Å². The monoisotopic (exact) mass is 227 g/mol. The smallest absolute Gasteiger partial charge is 0.0755 e. The van der Waals surface area contributed by atoms with Crippen LogP contribution in [0.4, 0.5) is 0 Å². The minimum absolute atomic E-state index is 0.419. The van der Waals surface area contributed by atoms with E-state index in [-0.39, 0.29) is 0 Å². The summed E-state index contributed by atoms with van der Waals surface area (Å²) in [5.74, 6) is 1.54. The van der Waals surface area contributed by atoms with Gasteiger partial charge in [-0.05, 0) is 44.1 Å². The van der Waals surface area contributed by atoms with Crippen molar-refractivity contribution in [2.24, 2.45) is 11.8 Å². The van der Waals surface area contributed by atoms with Gasteiger partial charge in [-0.25, -0.2) is 0 Å². The van der Waals surface area contributed by atoms with E-state index < -0.39 is 0 Å². The Hall–Kier alpha value is -0.120. The molecule has 0 radical (unpaired) electrons. The zero-order valence-corrected chi connectivity index (χ0v) is 10.6. The highest BCUT2D eigenvalue weighted by atomic mass is 16.5. The normalized spacial score (nSPS) is 26.6. The third-order valence-corrected chi connectivity index (χ3v) is 3.93. The van der Waals surface area contributed by atoms with Crippen molar-refractivity contribution in [1.29, 1.82) is 0 Å². The zero-order valence-electron chi connectivity index (χ0n) is 10.6. The van der Waals surface area contributed by atoms with Crippen LogP contribution in [0.25, 0.3) is 0 Å². The Bertz CT molecular complexity index is 200. The van der Waals surface area contributed by atoms with Crippen LogP contribution in [0.15, 0.2) is 0 Å². The van der Waals surface area contributed by atoms with Gasteiger partial charge in [-0.1, -0.05) is 6.92 Å². The maximum absolute atomic E-state index is 5.74. The minimum Gasteiger partial charge on any atom is -0.381 e. The summed E-state index contributed by atoms with van der Waals surface area (Å²) in [4.78, 5) is 0. The van der Waals surface area contributed by atoms with E-state index in [1.165, 1.54) is 25.7 Å². The number of rotatable bonds is 6. The molecule has 0 aromatic heterocycles. The molecule has 94 valence electrons. The van der Waals surface area contributed by atoms with Crippen molar-refractivity contribution in [1.82, 2.24) is 5.32 Å². The Morgan fingerprint density at radius 3 is 2.38 bits per heavy atom. The third-order valence-electron chi connectivity index (χ3n) is 3.93. The zero-order chi connectivity index (χ0) is 11.4. The molecule has 3 heteroatoms. The van der Waals surface area contributed by atoms with Gasteiger partial charge >= 0.3 is 0 Å². The summed E-state index contributed by atoms with van der Waals surface area (Å²) in [6.45, 7) is 5.07. The van der Waals surface area contributed by atoms with Crippen LogP contribution in [0.2, 0.25) is 0 Å². The van der Waals surface area contributed by atoms with Gasteiger partial charge in [-0.15, -0.1) is 0 Å². The lowest BCUT2D eigenvalue weighted by molar-refractivity contribution is -0.00497. The highest BCUT2D eigenvalue weighted by molar-refractivity contribution is 4.93. The first-order valence-corrected chi connectivity index (χ1v) is 6.70. The molecule has 1 aliphatic carbocycles. The number of nitrogens with one attached hydrogen (secondary N) is 1. The topological polar surface area (TPSA) is 30.5 Å². The standard InChI is InChI=1S/C13H25NO2/c1-3-14-12(10-6-8-16-9-7-10)13(15-2)11-4-5-11/h10-14H,3-9H2,1-2H3. The van der Waals surface area contributed by atoms with E-state index in [1.54, 1.807) is 0 Å². The van der Waals surface area contributed by atoms with Crippen LogP contribution in [-0.4, -0.2) is 39.0 Å². The second-order valence-corrected chi connectivity index (χ2v) is 5.07. The van der Waals surface area contributed by atoms with E-state index in [2.05, 4.69) is 12.2 Å². The second-order valence-electron chi connectivity index (χ2n) is 5.07. The molecule has 1 saturated carbocycles. The average Bonchev–Trinajstić information content (AvgIpc) is 3.15. The summed E-state index contributed by atoms with van der Waals surface area (Å²) in [6.07, 6.45) is 5.49. The number of likely N-dealkylation sites (N-methyl/N-ethyl adjacent to an activating group) is 1. The molecule has 16 heavy (non-hydrogen) atoms. The molecule has 1 aliphatic heterocycles. The Labute approximate surface area is 98.9 Å². The molecule has 0 spiro atoms. The summed E-state index contributed by atoms with van der Waals surface area (Å²) >= 11 is 0. The molecular formula is C13H25NO2.